The second-order valence-electron chi connectivity index (χ2n) is 4.57. The highest BCUT2D eigenvalue weighted by molar-refractivity contribution is 7.90. The zero-order valence-corrected chi connectivity index (χ0v) is 11.2. The summed E-state index contributed by atoms with van der Waals surface area (Å²) < 4.78 is 25.3. The summed E-state index contributed by atoms with van der Waals surface area (Å²) in [6.45, 7) is 5.24. The first kappa shape index (κ1) is 13.5. The number of nitrogens with one attached hydrogen (secondary N) is 1. The molecular weight excluding hydrogens is 246 g/mol. The maximum atomic E-state index is 11.8. The van der Waals surface area contributed by atoms with Crippen molar-refractivity contribution in [3.8, 4) is 0 Å². The van der Waals surface area contributed by atoms with E-state index in [4.69, 9.17) is 11.6 Å². The fourth-order valence-corrected chi connectivity index (χ4v) is 2.04. The molecule has 0 radical (unpaired) electrons. The third-order valence-electron chi connectivity index (χ3n) is 2.16. The summed E-state index contributed by atoms with van der Waals surface area (Å²) in [5.74, 6) is 0. The van der Waals surface area contributed by atoms with Gasteiger partial charge in [-0.2, -0.15) is 0 Å². The minimum absolute atomic E-state index is 0.264. The molecule has 0 heterocycles. The van der Waals surface area contributed by atoms with Crippen molar-refractivity contribution >= 4 is 21.6 Å². The van der Waals surface area contributed by atoms with Gasteiger partial charge in [0.05, 0.1) is 4.75 Å². The molecule has 0 atom stereocenters. The van der Waals surface area contributed by atoms with E-state index in [-0.39, 0.29) is 6.54 Å². The zero-order chi connectivity index (χ0) is 12.4. The van der Waals surface area contributed by atoms with Crippen LogP contribution in [0.1, 0.15) is 26.3 Å². The maximum absolute atomic E-state index is 11.8. The van der Waals surface area contributed by atoms with Crippen molar-refractivity contribution in [3.63, 3.8) is 0 Å². The Hall–Kier alpha value is -0.580. The Bertz CT molecular complexity index is 463. The lowest BCUT2D eigenvalue weighted by Gasteiger charge is -2.19. The molecule has 16 heavy (non-hydrogen) atoms. The molecule has 5 heteroatoms. The number of hydrogen-bond donors (Lipinski definition) is 1. The molecule has 0 aliphatic rings. The second-order valence-corrected chi connectivity index (χ2v) is 7.52. The van der Waals surface area contributed by atoms with Crippen LogP contribution in [0.25, 0.3) is 0 Å². The standard InChI is InChI=1S/C11H16ClNO2S/c1-11(2,3)16(14,15)13-8-9-5-4-6-10(12)7-9/h4-7,13H,8H2,1-3H3. The fraction of sp³-hybridized carbons (Fsp3) is 0.455. The normalized spacial score (nSPS) is 12.8. The minimum Gasteiger partial charge on any atom is -0.212 e. The first-order valence-corrected chi connectivity index (χ1v) is 6.82. The molecule has 1 aromatic carbocycles. The highest BCUT2D eigenvalue weighted by Crippen LogP contribution is 2.15. The van der Waals surface area contributed by atoms with E-state index in [2.05, 4.69) is 4.72 Å². The molecule has 1 rings (SSSR count). The molecule has 0 bridgehead atoms. The molecule has 3 nitrogen and oxygen atoms in total. The van der Waals surface area contributed by atoms with Crippen molar-refractivity contribution in [2.24, 2.45) is 0 Å². The second kappa shape index (κ2) is 4.73. The molecule has 0 saturated heterocycles. The number of benzene rings is 1. The molecule has 0 aromatic heterocycles. The van der Waals surface area contributed by atoms with Crippen LogP contribution in [0.5, 0.6) is 0 Å². The van der Waals surface area contributed by atoms with Crippen LogP contribution in [0.4, 0.5) is 0 Å². The summed E-state index contributed by atoms with van der Waals surface area (Å²) in [6.07, 6.45) is 0. The van der Waals surface area contributed by atoms with E-state index in [1.54, 1.807) is 39.0 Å². The highest BCUT2D eigenvalue weighted by atomic mass is 35.5. The van der Waals surface area contributed by atoms with Crippen molar-refractivity contribution in [2.45, 2.75) is 32.1 Å². The predicted molar refractivity (Wildman–Crippen MR) is 67.0 cm³/mol. The maximum Gasteiger partial charge on any atom is 0.216 e. The smallest absolute Gasteiger partial charge is 0.212 e. The molecular formula is C11H16ClNO2S. The Morgan fingerprint density at radius 1 is 1.31 bits per heavy atom. The molecule has 0 aliphatic carbocycles. The molecule has 0 aliphatic heterocycles. The summed E-state index contributed by atoms with van der Waals surface area (Å²) in [5, 5.41) is 0.604. The van der Waals surface area contributed by atoms with Crippen LogP contribution in [-0.2, 0) is 16.6 Å². The summed E-state index contributed by atoms with van der Waals surface area (Å²) in [6, 6.07) is 7.12. The van der Waals surface area contributed by atoms with E-state index in [1.165, 1.54) is 0 Å². The monoisotopic (exact) mass is 261 g/mol. The van der Waals surface area contributed by atoms with Crippen LogP contribution in [0.15, 0.2) is 24.3 Å². The first-order chi connectivity index (χ1) is 7.22. The average Bonchev–Trinajstić information content (AvgIpc) is 2.13. The third-order valence-corrected chi connectivity index (χ3v) is 4.53. The summed E-state index contributed by atoms with van der Waals surface area (Å²) in [7, 11) is -3.30. The number of hydrogen-bond acceptors (Lipinski definition) is 2. The van der Waals surface area contributed by atoms with Gasteiger partial charge in [-0.25, -0.2) is 13.1 Å². The van der Waals surface area contributed by atoms with Crippen molar-refractivity contribution in [1.29, 1.82) is 0 Å². The van der Waals surface area contributed by atoms with Gasteiger partial charge in [-0.15, -0.1) is 0 Å². The SMILES string of the molecule is CC(C)(C)S(=O)(=O)NCc1cccc(Cl)c1. The fourth-order valence-electron chi connectivity index (χ4n) is 1.04. The van der Waals surface area contributed by atoms with E-state index >= 15 is 0 Å². The van der Waals surface area contributed by atoms with Crippen LogP contribution >= 0.6 is 11.6 Å². The average molecular weight is 262 g/mol. The van der Waals surface area contributed by atoms with Gasteiger partial charge in [-0.05, 0) is 38.5 Å². The van der Waals surface area contributed by atoms with Crippen LogP contribution < -0.4 is 4.72 Å². The van der Waals surface area contributed by atoms with Crippen molar-refractivity contribution < 1.29 is 8.42 Å². The molecule has 1 aromatic rings. The molecule has 1 N–H and O–H groups in total. The summed E-state index contributed by atoms with van der Waals surface area (Å²) in [5.41, 5.74) is 0.848. The molecule has 0 spiro atoms. The van der Waals surface area contributed by atoms with E-state index in [0.717, 1.165) is 5.56 Å². The Labute approximate surface area is 102 Å². The van der Waals surface area contributed by atoms with E-state index in [1.807, 2.05) is 6.07 Å². The van der Waals surface area contributed by atoms with E-state index in [9.17, 15) is 8.42 Å². The lowest BCUT2D eigenvalue weighted by Crippen LogP contribution is -2.38. The van der Waals surface area contributed by atoms with Crippen molar-refractivity contribution in [1.82, 2.24) is 4.72 Å². The Balaban J connectivity index is 2.73. The van der Waals surface area contributed by atoms with Gasteiger partial charge in [0, 0.05) is 11.6 Å². The van der Waals surface area contributed by atoms with Gasteiger partial charge in [-0.1, -0.05) is 23.7 Å². The highest BCUT2D eigenvalue weighted by Gasteiger charge is 2.28. The van der Waals surface area contributed by atoms with Crippen LogP contribution in [-0.4, -0.2) is 13.2 Å². The molecule has 0 amide bonds. The molecule has 0 fully saturated rings. The number of halogens is 1. The minimum atomic E-state index is -3.30. The Morgan fingerprint density at radius 2 is 1.94 bits per heavy atom. The van der Waals surface area contributed by atoms with Crippen LogP contribution in [0.3, 0.4) is 0 Å². The van der Waals surface area contributed by atoms with Gasteiger partial charge >= 0.3 is 0 Å². The lowest BCUT2D eigenvalue weighted by molar-refractivity contribution is 0.544. The lowest BCUT2D eigenvalue weighted by atomic mass is 10.2. The largest absolute Gasteiger partial charge is 0.216 e. The third kappa shape index (κ3) is 3.47. The van der Waals surface area contributed by atoms with Gasteiger partial charge in [0.2, 0.25) is 10.0 Å². The predicted octanol–water partition coefficient (Wildman–Crippen LogP) is 2.56. The molecule has 90 valence electrons. The molecule has 0 saturated carbocycles. The topological polar surface area (TPSA) is 46.2 Å². The van der Waals surface area contributed by atoms with Crippen LogP contribution in [0, 0.1) is 0 Å². The number of sulfonamides is 1. The zero-order valence-electron chi connectivity index (χ0n) is 9.62. The van der Waals surface area contributed by atoms with Gasteiger partial charge in [0.15, 0.2) is 0 Å². The van der Waals surface area contributed by atoms with Gasteiger partial charge in [0.1, 0.15) is 0 Å². The van der Waals surface area contributed by atoms with Crippen LogP contribution in [0.2, 0.25) is 5.02 Å². The quantitative estimate of drug-likeness (QED) is 0.909. The van der Waals surface area contributed by atoms with E-state index in [0.29, 0.717) is 5.02 Å². The Morgan fingerprint density at radius 3 is 2.44 bits per heavy atom. The number of rotatable bonds is 3. The van der Waals surface area contributed by atoms with Gasteiger partial charge < -0.3 is 0 Å². The molecule has 0 unspecified atom stereocenters. The Kier molecular flexibility index (Phi) is 3.99. The van der Waals surface area contributed by atoms with Crippen molar-refractivity contribution in [2.75, 3.05) is 0 Å². The van der Waals surface area contributed by atoms with Gasteiger partial charge in [-0.3, -0.25) is 0 Å². The van der Waals surface area contributed by atoms with Crippen molar-refractivity contribution in [3.05, 3.63) is 34.9 Å². The first-order valence-electron chi connectivity index (χ1n) is 4.96. The summed E-state index contributed by atoms with van der Waals surface area (Å²) in [4.78, 5) is 0. The van der Waals surface area contributed by atoms with E-state index < -0.39 is 14.8 Å². The van der Waals surface area contributed by atoms with Gasteiger partial charge in [0.25, 0.3) is 0 Å². The summed E-state index contributed by atoms with van der Waals surface area (Å²) >= 11 is 5.81.